The van der Waals surface area contributed by atoms with Crippen molar-refractivity contribution in [3.63, 3.8) is 0 Å². The summed E-state index contributed by atoms with van der Waals surface area (Å²) in [5.74, 6) is -0.0454. The van der Waals surface area contributed by atoms with Crippen LogP contribution in [0.2, 0.25) is 0 Å². The smallest absolute Gasteiger partial charge is 0.217 e. The van der Waals surface area contributed by atoms with E-state index in [-0.39, 0.29) is 18.6 Å². The molecule has 1 amide bonds. The summed E-state index contributed by atoms with van der Waals surface area (Å²) in [5, 5.41) is 11.0. The van der Waals surface area contributed by atoms with Crippen molar-refractivity contribution in [2.24, 2.45) is 0 Å². The molecule has 3 heteroatoms. The number of nitrogens with one attached hydrogen (secondary N) is 1. The predicted octanol–water partition coefficient (Wildman–Crippen LogP) is -0.107. The van der Waals surface area contributed by atoms with E-state index >= 15 is 0 Å². The van der Waals surface area contributed by atoms with Gasteiger partial charge in [0, 0.05) is 19.6 Å². The summed E-state index contributed by atoms with van der Waals surface area (Å²) >= 11 is 0. The van der Waals surface area contributed by atoms with E-state index in [1.54, 1.807) is 0 Å². The molecule has 3 nitrogen and oxygen atoms in total. The van der Waals surface area contributed by atoms with Crippen LogP contribution in [0.3, 0.4) is 0 Å². The normalized spacial score (nSPS) is 12.8. The first-order valence-electron chi connectivity index (χ1n) is 3.04. The zero-order valence-corrected chi connectivity index (χ0v) is 5.85. The molecule has 0 aliphatic rings. The molecule has 0 aliphatic carbocycles. The molecule has 0 spiro atoms. The van der Waals surface area contributed by atoms with Crippen LogP contribution in [-0.2, 0) is 4.79 Å². The highest BCUT2D eigenvalue weighted by Gasteiger charge is 1.99. The highest BCUT2D eigenvalue weighted by Crippen LogP contribution is 1.86. The average molecular weight is 131 g/mol. The van der Waals surface area contributed by atoms with Gasteiger partial charge in [-0.15, -0.1) is 0 Å². The topological polar surface area (TPSA) is 49.3 Å². The zero-order valence-electron chi connectivity index (χ0n) is 5.85. The highest BCUT2D eigenvalue weighted by molar-refractivity contribution is 5.73. The Balaban J connectivity index is 3.26. The summed E-state index contributed by atoms with van der Waals surface area (Å²) < 4.78 is 0. The lowest BCUT2D eigenvalue weighted by molar-refractivity contribution is -0.119. The summed E-state index contributed by atoms with van der Waals surface area (Å²) in [4.78, 5) is 10.3. The Hall–Kier alpha value is -0.570. The van der Waals surface area contributed by atoms with Crippen LogP contribution in [0.25, 0.3) is 0 Å². The minimum Gasteiger partial charge on any atom is -0.396 e. The maximum atomic E-state index is 10.3. The Bertz CT molecular complexity index is 93.1. The Labute approximate surface area is 55.1 Å². The number of carbonyl (C=O) groups excluding carboxylic acids is 1. The molecule has 54 valence electrons. The van der Waals surface area contributed by atoms with Gasteiger partial charge in [0.25, 0.3) is 0 Å². The fourth-order valence-corrected chi connectivity index (χ4v) is 0.613. The fourth-order valence-electron chi connectivity index (χ4n) is 0.613. The Kier molecular flexibility index (Phi) is 4.05. The van der Waals surface area contributed by atoms with E-state index in [2.05, 4.69) is 5.32 Å². The minimum absolute atomic E-state index is 0.0454. The minimum atomic E-state index is -0.0454. The third kappa shape index (κ3) is 5.30. The quantitative estimate of drug-likeness (QED) is 0.561. The van der Waals surface area contributed by atoms with Gasteiger partial charge in [-0.25, -0.2) is 0 Å². The van der Waals surface area contributed by atoms with Crippen molar-refractivity contribution in [1.82, 2.24) is 5.32 Å². The van der Waals surface area contributed by atoms with Crippen molar-refractivity contribution < 1.29 is 9.90 Å². The Morgan fingerprint density at radius 2 is 2.33 bits per heavy atom. The summed E-state index contributed by atoms with van der Waals surface area (Å²) in [5.41, 5.74) is 0. The monoisotopic (exact) mass is 131 g/mol. The van der Waals surface area contributed by atoms with Crippen molar-refractivity contribution in [1.29, 1.82) is 0 Å². The van der Waals surface area contributed by atoms with E-state index in [1.807, 2.05) is 6.92 Å². The van der Waals surface area contributed by atoms with Gasteiger partial charge in [0.05, 0.1) is 0 Å². The van der Waals surface area contributed by atoms with Crippen LogP contribution in [0, 0.1) is 0 Å². The van der Waals surface area contributed by atoms with E-state index in [1.165, 1.54) is 6.92 Å². The zero-order chi connectivity index (χ0) is 7.28. The van der Waals surface area contributed by atoms with Crippen LogP contribution in [0.1, 0.15) is 20.3 Å². The second-order valence-electron chi connectivity index (χ2n) is 2.11. The van der Waals surface area contributed by atoms with E-state index in [0.29, 0.717) is 6.42 Å². The molecule has 0 aromatic carbocycles. The van der Waals surface area contributed by atoms with Crippen molar-refractivity contribution in [3.05, 3.63) is 0 Å². The fraction of sp³-hybridized carbons (Fsp3) is 0.833. The SMILES string of the molecule is CC(=O)N[C@H](C)CCO. The molecule has 0 aromatic rings. The highest BCUT2D eigenvalue weighted by atomic mass is 16.3. The van der Waals surface area contributed by atoms with Gasteiger partial charge in [-0.2, -0.15) is 0 Å². The predicted molar refractivity (Wildman–Crippen MR) is 35.0 cm³/mol. The Morgan fingerprint density at radius 1 is 1.78 bits per heavy atom. The van der Waals surface area contributed by atoms with Gasteiger partial charge in [-0.3, -0.25) is 4.79 Å². The molecule has 0 unspecified atom stereocenters. The van der Waals surface area contributed by atoms with Crippen LogP contribution >= 0.6 is 0 Å². The van der Waals surface area contributed by atoms with Gasteiger partial charge in [0.2, 0.25) is 5.91 Å². The molecule has 0 aliphatic heterocycles. The number of amides is 1. The second kappa shape index (κ2) is 4.32. The molecule has 0 saturated carbocycles. The molecule has 0 fully saturated rings. The van der Waals surface area contributed by atoms with Crippen LogP contribution < -0.4 is 5.32 Å². The van der Waals surface area contributed by atoms with Gasteiger partial charge in [0.1, 0.15) is 0 Å². The third-order valence-electron chi connectivity index (χ3n) is 1.01. The van der Waals surface area contributed by atoms with Crippen LogP contribution in [0.4, 0.5) is 0 Å². The first kappa shape index (κ1) is 8.43. The first-order chi connectivity index (χ1) is 4.16. The van der Waals surface area contributed by atoms with Crippen molar-refractivity contribution in [2.75, 3.05) is 6.61 Å². The summed E-state index contributed by atoms with van der Waals surface area (Å²) in [6.07, 6.45) is 0.625. The summed E-state index contributed by atoms with van der Waals surface area (Å²) in [6, 6.07) is 0.0903. The largest absolute Gasteiger partial charge is 0.396 e. The Morgan fingerprint density at radius 3 is 2.67 bits per heavy atom. The van der Waals surface area contributed by atoms with Crippen molar-refractivity contribution >= 4 is 5.91 Å². The number of hydrogen-bond donors (Lipinski definition) is 2. The lowest BCUT2D eigenvalue weighted by Gasteiger charge is -2.08. The molecule has 0 heterocycles. The van der Waals surface area contributed by atoms with E-state index in [9.17, 15) is 4.79 Å². The molecular formula is C6H13NO2. The molecule has 1 atom stereocenters. The lowest BCUT2D eigenvalue weighted by Crippen LogP contribution is -2.30. The van der Waals surface area contributed by atoms with Crippen molar-refractivity contribution in [3.8, 4) is 0 Å². The molecule has 9 heavy (non-hydrogen) atoms. The van der Waals surface area contributed by atoms with Crippen molar-refractivity contribution in [2.45, 2.75) is 26.3 Å². The van der Waals surface area contributed by atoms with Gasteiger partial charge >= 0.3 is 0 Å². The van der Waals surface area contributed by atoms with Crippen LogP contribution in [-0.4, -0.2) is 23.7 Å². The maximum Gasteiger partial charge on any atom is 0.217 e. The number of carbonyl (C=O) groups is 1. The summed E-state index contributed by atoms with van der Waals surface area (Å²) in [7, 11) is 0. The number of hydrogen-bond acceptors (Lipinski definition) is 2. The number of rotatable bonds is 3. The van der Waals surface area contributed by atoms with Gasteiger partial charge in [-0.1, -0.05) is 0 Å². The molecule has 0 saturated heterocycles. The average Bonchev–Trinajstić information content (AvgIpc) is 1.63. The lowest BCUT2D eigenvalue weighted by atomic mass is 10.2. The third-order valence-corrected chi connectivity index (χ3v) is 1.01. The maximum absolute atomic E-state index is 10.3. The van der Waals surface area contributed by atoms with Crippen LogP contribution in [0.5, 0.6) is 0 Å². The standard InChI is InChI=1S/C6H13NO2/c1-5(3-4-8)7-6(2)9/h5,8H,3-4H2,1-2H3,(H,7,9)/t5-/m1/s1. The molecular weight excluding hydrogens is 118 g/mol. The van der Waals surface area contributed by atoms with Gasteiger partial charge in [0.15, 0.2) is 0 Å². The molecule has 0 bridgehead atoms. The van der Waals surface area contributed by atoms with Gasteiger partial charge < -0.3 is 10.4 Å². The first-order valence-corrected chi connectivity index (χ1v) is 3.04. The number of aliphatic hydroxyl groups excluding tert-OH is 1. The van der Waals surface area contributed by atoms with Crippen LogP contribution in [0.15, 0.2) is 0 Å². The molecule has 0 radical (unpaired) electrons. The van der Waals surface area contributed by atoms with E-state index < -0.39 is 0 Å². The summed E-state index contributed by atoms with van der Waals surface area (Å²) in [6.45, 7) is 3.45. The molecule has 0 rings (SSSR count). The van der Waals surface area contributed by atoms with Gasteiger partial charge in [-0.05, 0) is 13.3 Å². The van der Waals surface area contributed by atoms with E-state index in [0.717, 1.165) is 0 Å². The molecule has 0 aromatic heterocycles. The second-order valence-corrected chi connectivity index (χ2v) is 2.11. The van der Waals surface area contributed by atoms with E-state index in [4.69, 9.17) is 5.11 Å². The number of aliphatic hydroxyl groups is 1. The molecule has 2 N–H and O–H groups in total.